The van der Waals surface area contributed by atoms with Crippen molar-refractivity contribution in [3.63, 3.8) is 0 Å². The molecule has 0 bridgehead atoms. The van der Waals surface area contributed by atoms with Crippen LogP contribution in [0.15, 0.2) is 36.4 Å². The molecule has 2 aromatic carbocycles. The summed E-state index contributed by atoms with van der Waals surface area (Å²) in [5.74, 6) is -1.10. The van der Waals surface area contributed by atoms with Crippen LogP contribution in [-0.2, 0) is 6.42 Å². The molecular formula is C15H16F2N2. The zero-order valence-electron chi connectivity index (χ0n) is 10.7. The Balaban J connectivity index is 1.98. The molecule has 0 aliphatic rings. The fourth-order valence-electron chi connectivity index (χ4n) is 1.92. The lowest BCUT2D eigenvalue weighted by molar-refractivity contribution is 0.580. The van der Waals surface area contributed by atoms with E-state index >= 15 is 0 Å². The third-order valence-corrected chi connectivity index (χ3v) is 2.86. The van der Waals surface area contributed by atoms with Crippen LogP contribution in [0.4, 0.5) is 20.2 Å². The van der Waals surface area contributed by atoms with Crippen LogP contribution in [0.2, 0.25) is 0 Å². The van der Waals surface area contributed by atoms with Crippen LogP contribution >= 0.6 is 0 Å². The third-order valence-electron chi connectivity index (χ3n) is 2.86. The summed E-state index contributed by atoms with van der Waals surface area (Å²) in [4.78, 5) is 0. The number of benzene rings is 2. The van der Waals surface area contributed by atoms with Crippen molar-refractivity contribution in [1.82, 2.24) is 0 Å². The van der Waals surface area contributed by atoms with E-state index in [1.165, 1.54) is 12.1 Å². The summed E-state index contributed by atoms with van der Waals surface area (Å²) in [6, 6.07) is 9.26. The first-order chi connectivity index (χ1) is 9.04. The molecule has 2 rings (SSSR count). The molecule has 0 aliphatic heterocycles. The molecule has 0 heterocycles. The SMILES string of the molecule is Cc1ccc(N)c(NCCc2cc(F)cc(F)c2)c1. The molecule has 0 fully saturated rings. The summed E-state index contributed by atoms with van der Waals surface area (Å²) >= 11 is 0. The summed E-state index contributed by atoms with van der Waals surface area (Å²) in [7, 11) is 0. The number of halogens is 2. The molecule has 0 amide bonds. The minimum Gasteiger partial charge on any atom is -0.397 e. The molecule has 0 unspecified atom stereocenters. The summed E-state index contributed by atoms with van der Waals surface area (Å²) in [6.07, 6.45) is 0.530. The number of nitrogens with one attached hydrogen (secondary N) is 1. The summed E-state index contributed by atoms with van der Waals surface area (Å²) in [5.41, 5.74) is 9.07. The Morgan fingerprint density at radius 2 is 1.74 bits per heavy atom. The molecule has 19 heavy (non-hydrogen) atoms. The molecule has 2 aromatic rings. The van der Waals surface area contributed by atoms with E-state index in [0.717, 1.165) is 17.3 Å². The summed E-state index contributed by atoms with van der Waals surface area (Å²) in [6.45, 7) is 2.54. The highest BCUT2D eigenvalue weighted by Crippen LogP contribution is 2.19. The lowest BCUT2D eigenvalue weighted by atomic mass is 10.1. The second-order valence-corrected chi connectivity index (χ2v) is 4.55. The Morgan fingerprint density at radius 1 is 1.05 bits per heavy atom. The fraction of sp³-hybridized carbons (Fsp3) is 0.200. The molecule has 0 saturated heterocycles. The number of anilines is 2. The van der Waals surface area contributed by atoms with Crippen molar-refractivity contribution in [2.45, 2.75) is 13.3 Å². The molecule has 4 heteroatoms. The van der Waals surface area contributed by atoms with E-state index in [1.54, 1.807) is 0 Å². The van der Waals surface area contributed by atoms with E-state index in [-0.39, 0.29) is 0 Å². The average molecular weight is 262 g/mol. The van der Waals surface area contributed by atoms with E-state index in [4.69, 9.17) is 5.73 Å². The van der Waals surface area contributed by atoms with Gasteiger partial charge >= 0.3 is 0 Å². The predicted molar refractivity (Wildman–Crippen MR) is 74.1 cm³/mol. The highest BCUT2D eigenvalue weighted by atomic mass is 19.1. The molecule has 2 nitrogen and oxygen atoms in total. The predicted octanol–water partition coefficient (Wildman–Crippen LogP) is 3.51. The van der Waals surface area contributed by atoms with E-state index in [2.05, 4.69) is 5.32 Å². The minimum absolute atomic E-state index is 0.530. The Morgan fingerprint density at radius 3 is 2.42 bits per heavy atom. The van der Waals surface area contributed by atoms with Crippen molar-refractivity contribution < 1.29 is 8.78 Å². The second kappa shape index (κ2) is 5.69. The minimum atomic E-state index is -0.551. The Bertz CT molecular complexity index is 562. The van der Waals surface area contributed by atoms with Crippen LogP contribution in [0, 0.1) is 18.6 Å². The van der Waals surface area contributed by atoms with Gasteiger partial charge in [0.15, 0.2) is 0 Å². The molecule has 0 aromatic heterocycles. The maximum absolute atomic E-state index is 13.0. The number of hydrogen-bond acceptors (Lipinski definition) is 2. The quantitative estimate of drug-likeness (QED) is 0.827. The number of rotatable bonds is 4. The number of nitrogen functional groups attached to an aromatic ring is 1. The fourth-order valence-corrected chi connectivity index (χ4v) is 1.92. The van der Waals surface area contributed by atoms with Gasteiger partial charge in [-0.1, -0.05) is 6.07 Å². The van der Waals surface area contributed by atoms with Crippen molar-refractivity contribution in [3.8, 4) is 0 Å². The Kier molecular flexibility index (Phi) is 4.00. The normalized spacial score (nSPS) is 10.5. The highest BCUT2D eigenvalue weighted by Gasteiger charge is 2.02. The van der Waals surface area contributed by atoms with Gasteiger partial charge in [-0.3, -0.25) is 0 Å². The van der Waals surface area contributed by atoms with Gasteiger partial charge in [0, 0.05) is 12.6 Å². The van der Waals surface area contributed by atoms with Gasteiger partial charge in [0.25, 0.3) is 0 Å². The van der Waals surface area contributed by atoms with Crippen LogP contribution in [0.3, 0.4) is 0 Å². The standard InChI is InChI=1S/C15H16F2N2/c1-10-2-3-14(18)15(6-10)19-5-4-11-7-12(16)9-13(17)8-11/h2-3,6-9,19H,4-5,18H2,1H3. The first-order valence-corrected chi connectivity index (χ1v) is 6.09. The first kappa shape index (κ1) is 13.3. The zero-order valence-corrected chi connectivity index (χ0v) is 10.7. The lowest BCUT2D eigenvalue weighted by Crippen LogP contribution is -2.07. The molecule has 3 N–H and O–H groups in total. The molecule has 0 aliphatic carbocycles. The van der Waals surface area contributed by atoms with Gasteiger partial charge in [0.05, 0.1) is 11.4 Å². The number of hydrogen-bond donors (Lipinski definition) is 2. The van der Waals surface area contributed by atoms with Crippen molar-refractivity contribution in [2.24, 2.45) is 0 Å². The van der Waals surface area contributed by atoms with Gasteiger partial charge in [-0.05, 0) is 48.7 Å². The zero-order chi connectivity index (χ0) is 13.8. The largest absolute Gasteiger partial charge is 0.397 e. The van der Waals surface area contributed by atoms with E-state index in [0.29, 0.717) is 24.2 Å². The van der Waals surface area contributed by atoms with Crippen molar-refractivity contribution in [2.75, 3.05) is 17.6 Å². The molecule has 0 spiro atoms. The van der Waals surface area contributed by atoms with Gasteiger partial charge in [-0.15, -0.1) is 0 Å². The van der Waals surface area contributed by atoms with E-state index < -0.39 is 11.6 Å². The third kappa shape index (κ3) is 3.68. The monoisotopic (exact) mass is 262 g/mol. The second-order valence-electron chi connectivity index (χ2n) is 4.55. The average Bonchev–Trinajstić information content (AvgIpc) is 2.32. The molecule has 0 atom stereocenters. The highest BCUT2D eigenvalue weighted by molar-refractivity contribution is 5.66. The molecule has 100 valence electrons. The smallest absolute Gasteiger partial charge is 0.126 e. The number of aryl methyl sites for hydroxylation is 1. The first-order valence-electron chi connectivity index (χ1n) is 6.09. The van der Waals surface area contributed by atoms with Gasteiger partial charge < -0.3 is 11.1 Å². The van der Waals surface area contributed by atoms with Gasteiger partial charge in [0.1, 0.15) is 11.6 Å². The van der Waals surface area contributed by atoms with E-state index in [1.807, 2.05) is 25.1 Å². The topological polar surface area (TPSA) is 38.0 Å². The molecule has 0 radical (unpaired) electrons. The van der Waals surface area contributed by atoms with Gasteiger partial charge in [-0.25, -0.2) is 8.78 Å². The van der Waals surface area contributed by atoms with Crippen LogP contribution < -0.4 is 11.1 Å². The van der Waals surface area contributed by atoms with E-state index in [9.17, 15) is 8.78 Å². The lowest BCUT2D eigenvalue weighted by Gasteiger charge is -2.10. The Hall–Kier alpha value is -2.10. The Labute approximate surface area is 111 Å². The van der Waals surface area contributed by atoms with Crippen LogP contribution in [0.1, 0.15) is 11.1 Å². The molecule has 0 saturated carbocycles. The van der Waals surface area contributed by atoms with Crippen molar-refractivity contribution in [3.05, 3.63) is 59.2 Å². The maximum Gasteiger partial charge on any atom is 0.126 e. The van der Waals surface area contributed by atoms with Crippen LogP contribution in [0.25, 0.3) is 0 Å². The van der Waals surface area contributed by atoms with Crippen LogP contribution in [0.5, 0.6) is 0 Å². The van der Waals surface area contributed by atoms with Crippen LogP contribution in [-0.4, -0.2) is 6.54 Å². The van der Waals surface area contributed by atoms with Gasteiger partial charge in [-0.2, -0.15) is 0 Å². The summed E-state index contributed by atoms with van der Waals surface area (Å²) < 4.78 is 26.0. The summed E-state index contributed by atoms with van der Waals surface area (Å²) in [5, 5.41) is 3.17. The van der Waals surface area contributed by atoms with Crippen molar-refractivity contribution in [1.29, 1.82) is 0 Å². The maximum atomic E-state index is 13.0. The van der Waals surface area contributed by atoms with Crippen molar-refractivity contribution >= 4 is 11.4 Å². The molecular weight excluding hydrogens is 246 g/mol. The number of nitrogens with two attached hydrogens (primary N) is 1. The van der Waals surface area contributed by atoms with Gasteiger partial charge in [0.2, 0.25) is 0 Å².